The van der Waals surface area contributed by atoms with Gasteiger partial charge in [0.2, 0.25) is 0 Å². The lowest BCUT2D eigenvalue weighted by atomic mass is 10.1. The molecule has 2 aliphatic rings. The van der Waals surface area contributed by atoms with Crippen LogP contribution in [0.25, 0.3) is 0 Å². The van der Waals surface area contributed by atoms with E-state index in [1.807, 2.05) is 12.1 Å². The standard InChI is InChI=1S/C16H24ClN3O/c17-15-3-1-2-13(12-18-14-4-5-14)16(15)20-8-6-19(7-9-20)10-11-21/h1-3,14,18,21H,4-12H2. The van der Waals surface area contributed by atoms with Crippen LogP contribution in [0.1, 0.15) is 18.4 Å². The highest BCUT2D eigenvalue weighted by Gasteiger charge is 2.23. The number of para-hydroxylation sites is 1. The average Bonchev–Trinajstić information content (AvgIpc) is 3.31. The second-order valence-electron chi connectivity index (χ2n) is 5.96. The molecule has 1 saturated heterocycles. The van der Waals surface area contributed by atoms with Crippen molar-refractivity contribution in [1.82, 2.24) is 10.2 Å². The van der Waals surface area contributed by atoms with Crippen LogP contribution in [-0.2, 0) is 6.54 Å². The number of nitrogens with zero attached hydrogens (tertiary/aromatic N) is 2. The third-order valence-corrected chi connectivity index (χ3v) is 4.64. The maximum absolute atomic E-state index is 9.03. The average molecular weight is 310 g/mol. The van der Waals surface area contributed by atoms with Gasteiger partial charge in [0.1, 0.15) is 0 Å². The van der Waals surface area contributed by atoms with E-state index in [2.05, 4.69) is 21.2 Å². The number of nitrogens with one attached hydrogen (secondary N) is 1. The van der Waals surface area contributed by atoms with Gasteiger partial charge in [0.25, 0.3) is 0 Å². The van der Waals surface area contributed by atoms with Crippen molar-refractivity contribution in [3.05, 3.63) is 28.8 Å². The summed E-state index contributed by atoms with van der Waals surface area (Å²) in [6.45, 7) is 5.83. The number of aliphatic hydroxyl groups is 1. The Morgan fingerprint density at radius 1 is 1.19 bits per heavy atom. The number of halogens is 1. The van der Waals surface area contributed by atoms with Crippen LogP contribution >= 0.6 is 11.6 Å². The molecule has 4 nitrogen and oxygen atoms in total. The van der Waals surface area contributed by atoms with Gasteiger partial charge >= 0.3 is 0 Å². The summed E-state index contributed by atoms with van der Waals surface area (Å²) in [5.74, 6) is 0. The lowest BCUT2D eigenvalue weighted by Crippen LogP contribution is -2.47. The van der Waals surface area contributed by atoms with Crippen LogP contribution in [0.5, 0.6) is 0 Å². The second-order valence-corrected chi connectivity index (χ2v) is 6.36. The zero-order valence-corrected chi connectivity index (χ0v) is 13.1. The molecule has 1 aliphatic heterocycles. The van der Waals surface area contributed by atoms with E-state index in [1.54, 1.807) is 0 Å². The number of hydrogen-bond acceptors (Lipinski definition) is 4. The van der Waals surface area contributed by atoms with Crippen molar-refractivity contribution in [1.29, 1.82) is 0 Å². The summed E-state index contributed by atoms with van der Waals surface area (Å²) in [5, 5.41) is 13.5. The van der Waals surface area contributed by atoms with Gasteiger partial charge in [-0.2, -0.15) is 0 Å². The molecule has 0 aromatic heterocycles. The Hall–Kier alpha value is -0.810. The Bertz CT molecular complexity index is 471. The van der Waals surface area contributed by atoms with Gasteiger partial charge in [-0.1, -0.05) is 23.7 Å². The van der Waals surface area contributed by atoms with Crippen LogP contribution < -0.4 is 10.2 Å². The van der Waals surface area contributed by atoms with Gasteiger partial charge in [-0.15, -0.1) is 0 Å². The van der Waals surface area contributed by atoms with Crippen LogP contribution in [0, 0.1) is 0 Å². The third-order valence-electron chi connectivity index (χ3n) is 4.33. The van der Waals surface area contributed by atoms with E-state index in [1.165, 1.54) is 24.1 Å². The normalized spacial score (nSPS) is 20.0. The number of benzene rings is 1. The van der Waals surface area contributed by atoms with Gasteiger partial charge in [0.05, 0.1) is 17.3 Å². The molecular weight excluding hydrogens is 286 g/mol. The first-order valence-corrected chi connectivity index (χ1v) is 8.24. The summed E-state index contributed by atoms with van der Waals surface area (Å²) in [7, 11) is 0. The Kier molecular flexibility index (Phi) is 5.01. The number of anilines is 1. The zero-order chi connectivity index (χ0) is 14.7. The lowest BCUT2D eigenvalue weighted by Gasteiger charge is -2.37. The molecule has 0 unspecified atom stereocenters. The van der Waals surface area contributed by atoms with Gasteiger partial charge in [0, 0.05) is 45.3 Å². The Morgan fingerprint density at radius 3 is 2.62 bits per heavy atom. The Morgan fingerprint density at radius 2 is 1.95 bits per heavy atom. The molecule has 1 aliphatic carbocycles. The molecule has 0 atom stereocenters. The van der Waals surface area contributed by atoms with Crippen LogP contribution in [-0.4, -0.2) is 55.4 Å². The number of β-amino-alcohol motifs (C(OH)–C–C–N with tert-alkyl or cyclic N) is 1. The third kappa shape index (κ3) is 3.89. The SMILES string of the molecule is OCCN1CCN(c2c(Cl)cccc2CNC2CC2)CC1. The predicted molar refractivity (Wildman–Crippen MR) is 87.1 cm³/mol. The van der Waals surface area contributed by atoms with Crippen molar-refractivity contribution in [3.8, 4) is 0 Å². The van der Waals surface area contributed by atoms with E-state index in [4.69, 9.17) is 16.7 Å². The number of rotatable bonds is 6. The van der Waals surface area contributed by atoms with Crippen LogP contribution in [0.4, 0.5) is 5.69 Å². The fourth-order valence-corrected chi connectivity index (χ4v) is 3.25. The summed E-state index contributed by atoms with van der Waals surface area (Å²) in [6, 6.07) is 6.91. The molecule has 3 rings (SSSR count). The van der Waals surface area contributed by atoms with Crippen molar-refractivity contribution < 1.29 is 5.11 Å². The summed E-state index contributed by atoms with van der Waals surface area (Å²) in [6.07, 6.45) is 2.60. The largest absolute Gasteiger partial charge is 0.395 e. The molecule has 2 fully saturated rings. The molecule has 1 aromatic carbocycles. The van der Waals surface area contributed by atoms with Gasteiger partial charge in [-0.05, 0) is 24.5 Å². The molecule has 1 heterocycles. The molecule has 1 aromatic rings. The molecule has 0 bridgehead atoms. The van der Waals surface area contributed by atoms with E-state index in [0.717, 1.165) is 44.3 Å². The Labute approximate surface area is 131 Å². The summed E-state index contributed by atoms with van der Waals surface area (Å²) in [4.78, 5) is 4.69. The molecule has 0 radical (unpaired) electrons. The smallest absolute Gasteiger partial charge is 0.0642 e. The lowest BCUT2D eigenvalue weighted by molar-refractivity contribution is 0.188. The first-order chi connectivity index (χ1) is 10.3. The quantitative estimate of drug-likeness (QED) is 0.839. The fraction of sp³-hybridized carbons (Fsp3) is 0.625. The number of aliphatic hydroxyl groups excluding tert-OH is 1. The van der Waals surface area contributed by atoms with Crippen molar-refractivity contribution in [2.24, 2.45) is 0 Å². The number of piperazine rings is 1. The van der Waals surface area contributed by atoms with Crippen LogP contribution in [0.2, 0.25) is 5.02 Å². The molecular formula is C16H24ClN3O. The second kappa shape index (κ2) is 6.97. The highest BCUT2D eigenvalue weighted by atomic mass is 35.5. The molecule has 116 valence electrons. The molecule has 1 saturated carbocycles. The predicted octanol–water partition coefficient (Wildman–Crippen LogP) is 1.71. The Balaban J connectivity index is 1.68. The van der Waals surface area contributed by atoms with Gasteiger partial charge in [-0.3, -0.25) is 4.90 Å². The number of hydrogen-bond donors (Lipinski definition) is 2. The fourth-order valence-electron chi connectivity index (χ4n) is 2.94. The van der Waals surface area contributed by atoms with Crippen molar-refractivity contribution in [2.75, 3.05) is 44.2 Å². The first-order valence-electron chi connectivity index (χ1n) is 7.87. The molecule has 0 amide bonds. The topological polar surface area (TPSA) is 38.7 Å². The maximum atomic E-state index is 9.03. The van der Waals surface area contributed by atoms with Gasteiger partial charge < -0.3 is 15.3 Å². The minimum atomic E-state index is 0.239. The first kappa shape index (κ1) is 15.1. The molecule has 0 spiro atoms. The summed E-state index contributed by atoms with van der Waals surface area (Å²) in [5.41, 5.74) is 2.49. The van der Waals surface area contributed by atoms with Gasteiger partial charge in [-0.25, -0.2) is 0 Å². The minimum Gasteiger partial charge on any atom is -0.395 e. The van der Waals surface area contributed by atoms with E-state index in [-0.39, 0.29) is 6.61 Å². The van der Waals surface area contributed by atoms with Gasteiger partial charge in [0.15, 0.2) is 0 Å². The highest BCUT2D eigenvalue weighted by Crippen LogP contribution is 2.31. The van der Waals surface area contributed by atoms with Crippen LogP contribution in [0.3, 0.4) is 0 Å². The molecule has 5 heteroatoms. The maximum Gasteiger partial charge on any atom is 0.0642 e. The monoisotopic (exact) mass is 309 g/mol. The van der Waals surface area contributed by atoms with Crippen molar-refractivity contribution >= 4 is 17.3 Å². The van der Waals surface area contributed by atoms with E-state index < -0.39 is 0 Å². The van der Waals surface area contributed by atoms with Crippen LogP contribution in [0.15, 0.2) is 18.2 Å². The highest BCUT2D eigenvalue weighted by molar-refractivity contribution is 6.33. The van der Waals surface area contributed by atoms with Crippen molar-refractivity contribution in [2.45, 2.75) is 25.4 Å². The summed E-state index contributed by atoms with van der Waals surface area (Å²) >= 11 is 6.47. The van der Waals surface area contributed by atoms with Crippen molar-refractivity contribution in [3.63, 3.8) is 0 Å². The molecule has 21 heavy (non-hydrogen) atoms. The van der Waals surface area contributed by atoms with E-state index in [9.17, 15) is 0 Å². The van der Waals surface area contributed by atoms with E-state index in [0.29, 0.717) is 6.04 Å². The summed E-state index contributed by atoms with van der Waals surface area (Å²) < 4.78 is 0. The zero-order valence-electron chi connectivity index (χ0n) is 12.4. The van der Waals surface area contributed by atoms with E-state index >= 15 is 0 Å². The minimum absolute atomic E-state index is 0.239. The molecule has 2 N–H and O–H groups in total.